The smallest absolute Gasteiger partial charge is 0.367 e. The summed E-state index contributed by atoms with van der Waals surface area (Å²) < 4.78 is 56.8. The van der Waals surface area contributed by atoms with Gasteiger partial charge in [0.2, 0.25) is 5.56 Å². The highest BCUT2D eigenvalue weighted by Gasteiger charge is 2.36. The third kappa shape index (κ3) is 6.96. The zero-order valence-corrected chi connectivity index (χ0v) is 26.4. The van der Waals surface area contributed by atoms with E-state index in [4.69, 9.17) is 0 Å². The molecular weight excluding hydrogens is 602 g/mol. The first-order valence-corrected chi connectivity index (χ1v) is 15.5. The second-order valence-electron chi connectivity index (χ2n) is 12.5. The number of halogens is 4. The largest absolute Gasteiger partial charge is 0.417 e. The molecule has 5 rings (SSSR count). The Balaban J connectivity index is 1.55. The van der Waals surface area contributed by atoms with E-state index in [1.807, 2.05) is 25.8 Å². The summed E-state index contributed by atoms with van der Waals surface area (Å²) in [5.74, 6) is -1.91. The van der Waals surface area contributed by atoms with Crippen molar-refractivity contribution >= 4 is 23.2 Å². The average molecular weight is 642 g/mol. The van der Waals surface area contributed by atoms with Gasteiger partial charge in [0, 0.05) is 61.7 Å². The number of nitrogens with one attached hydrogen (secondary N) is 2. The predicted octanol–water partition coefficient (Wildman–Crippen LogP) is 6.39. The van der Waals surface area contributed by atoms with Crippen LogP contribution < -0.4 is 15.8 Å². The number of aromatic nitrogens is 1. The Hall–Kier alpha value is -4.19. The van der Waals surface area contributed by atoms with Crippen molar-refractivity contribution in [3.05, 3.63) is 81.5 Å². The summed E-state index contributed by atoms with van der Waals surface area (Å²) in [5, 5.41) is 2.61. The highest BCUT2D eigenvalue weighted by molar-refractivity contribution is 6.07. The molecule has 2 amide bonds. The monoisotopic (exact) mass is 641 g/mol. The Morgan fingerprint density at radius 1 is 0.978 bits per heavy atom. The minimum Gasteiger partial charge on any atom is -0.367 e. The van der Waals surface area contributed by atoms with Crippen LogP contribution in [0.5, 0.6) is 0 Å². The van der Waals surface area contributed by atoms with Crippen molar-refractivity contribution < 1.29 is 27.2 Å². The zero-order valence-electron chi connectivity index (χ0n) is 26.4. The maximum absolute atomic E-state index is 15.4. The first kappa shape index (κ1) is 33.2. The molecule has 46 heavy (non-hydrogen) atoms. The van der Waals surface area contributed by atoms with E-state index in [0.717, 1.165) is 38.3 Å². The number of likely N-dealkylation sites (N-methyl/N-ethyl adjacent to an activating group) is 1. The van der Waals surface area contributed by atoms with Gasteiger partial charge in [-0.3, -0.25) is 19.3 Å². The number of rotatable bonds is 6. The van der Waals surface area contributed by atoms with E-state index in [1.165, 1.54) is 24.3 Å². The Bertz CT molecular complexity index is 1660. The van der Waals surface area contributed by atoms with Crippen LogP contribution in [0.25, 0.3) is 11.1 Å². The van der Waals surface area contributed by atoms with Gasteiger partial charge < -0.3 is 20.1 Å². The second kappa shape index (κ2) is 13.3. The van der Waals surface area contributed by atoms with Gasteiger partial charge in [-0.05, 0) is 69.6 Å². The van der Waals surface area contributed by atoms with Gasteiger partial charge in [0.15, 0.2) is 0 Å². The van der Waals surface area contributed by atoms with E-state index in [1.54, 1.807) is 24.1 Å². The number of piperazine rings is 1. The highest BCUT2D eigenvalue weighted by atomic mass is 19.4. The molecule has 1 saturated carbocycles. The fourth-order valence-corrected chi connectivity index (χ4v) is 6.48. The van der Waals surface area contributed by atoms with Crippen LogP contribution in [0.3, 0.4) is 0 Å². The molecule has 0 spiro atoms. The molecule has 2 aromatic carbocycles. The lowest BCUT2D eigenvalue weighted by Crippen LogP contribution is -2.55. The molecule has 2 aliphatic rings. The van der Waals surface area contributed by atoms with E-state index < -0.39 is 34.6 Å². The van der Waals surface area contributed by atoms with Crippen molar-refractivity contribution in [1.29, 1.82) is 0 Å². The average Bonchev–Trinajstić information content (AvgIpc) is 3.02. The van der Waals surface area contributed by atoms with E-state index >= 15 is 4.39 Å². The number of hydrogen-bond donors (Lipinski definition) is 2. The Morgan fingerprint density at radius 3 is 2.30 bits per heavy atom. The van der Waals surface area contributed by atoms with Gasteiger partial charge in [0.1, 0.15) is 5.82 Å². The van der Waals surface area contributed by atoms with Crippen LogP contribution in [-0.4, -0.2) is 71.9 Å². The molecule has 2 fully saturated rings. The van der Waals surface area contributed by atoms with Gasteiger partial charge >= 0.3 is 6.18 Å². The van der Waals surface area contributed by atoms with Crippen LogP contribution >= 0.6 is 0 Å². The van der Waals surface area contributed by atoms with Crippen molar-refractivity contribution in [1.82, 2.24) is 14.8 Å². The van der Waals surface area contributed by atoms with Crippen LogP contribution in [0.4, 0.5) is 28.9 Å². The standard InChI is InChI=1S/C34H39F4N5O3/c1-20-18-43(19-21(2)41(20)3)30-13-11-22(15-29(30)40-32(45)26-17-39-31(44)16-27(26)34(36,37)38)25-14-23(10-12-28(25)35)33(46)42(4)24-8-6-5-7-9-24/h10-17,20-21,24H,5-9,18-19H2,1-4H3,(H,39,44)(H,40,45)/t20-,21?/m0/s1. The lowest BCUT2D eigenvalue weighted by molar-refractivity contribution is -0.138. The number of anilines is 2. The number of H-pyrrole nitrogens is 1. The van der Waals surface area contributed by atoms with Crippen molar-refractivity contribution in [3.8, 4) is 11.1 Å². The number of aromatic amines is 1. The fraction of sp³-hybridized carbons (Fsp3) is 0.441. The highest BCUT2D eigenvalue weighted by Crippen LogP contribution is 2.37. The Labute approximate surface area is 265 Å². The predicted molar refractivity (Wildman–Crippen MR) is 170 cm³/mol. The maximum atomic E-state index is 15.4. The third-order valence-electron chi connectivity index (χ3n) is 9.39. The Morgan fingerprint density at radius 2 is 1.65 bits per heavy atom. The van der Waals surface area contributed by atoms with Crippen LogP contribution in [0.15, 0.2) is 53.5 Å². The summed E-state index contributed by atoms with van der Waals surface area (Å²) in [5.41, 5.74) is -1.65. The van der Waals surface area contributed by atoms with Crippen LogP contribution in [0.1, 0.15) is 72.2 Å². The molecule has 12 heteroatoms. The van der Waals surface area contributed by atoms with Crippen molar-refractivity contribution in [3.63, 3.8) is 0 Å². The molecule has 3 aromatic rings. The summed E-state index contributed by atoms with van der Waals surface area (Å²) in [6.07, 6.45) is 0.847. The van der Waals surface area contributed by atoms with Crippen LogP contribution in [0, 0.1) is 5.82 Å². The SMILES string of the molecule is CC1CN(c2ccc(-c3cc(C(=O)N(C)C4CCCCC4)ccc3F)cc2NC(=O)c2c[nH]c(=O)cc2C(F)(F)F)C[C@H](C)N1C. The van der Waals surface area contributed by atoms with Gasteiger partial charge in [0.05, 0.1) is 22.5 Å². The second-order valence-corrected chi connectivity index (χ2v) is 12.5. The number of carbonyl (C=O) groups is 2. The molecule has 0 radical (unpaired) electrons. The fourth-order valence-electron chi connectivity index (χ4n) is 6.48. The molecule has 8 nitrogen and oxygen atoms in total. The molecule has 1 aromatic heterocycles. The lowest BCUT2D eigenvalue weighted by atomic mass is 9.93. The minimum absolute atomic E-state index is 0.110. The molecule has 2 atom stereocenters. The summed E-state index contributed by atoms with van der Waals surface area (Å²) in [4.78, 5) is 46.6. The molecule has 1 aliphatic heterocycles. The van der Waals surface area contributed by atoms with Crippen molar-refractivity contribution in [2.75, 3.05) is 37.4 Å². The number of benzene rings is 2. The van der Waals surface area contributed by atoms with Crippen molar-refractivity contribution in [2.45, 2.75) is 70.3 Å². The van der Waals surface area contributed by atoms with E-state index in [-0.39, 0.29) is 35.3 Å². The molecule has 1 aliphatic carbocycles. The lowest BCUT2D eigenvalue weighted by Gasteiger charge is -2.44. The molecule has 0 bridgehead atoms. The summed E-state index contributed by atoms with van der Waals surface area (Å²) in [7, 11) is 3.77. The van der Waals surface area contributed by atoms with Crippen LogP contribution in [-0.2, 0) is 6.18 Å². The number of carbonyl (C=O) groups excluding carboxylic acids is 2. The summed E-state index contributed by atoms with van der Waals surface area (Å²) in [6, 6.07) is 9.75. The number of nitrogens with zero attached hydrogens (tertiary/aromatic N) is 3. The van der Waals surface area contributed by atoms with Gasteiger partial charge in [-0.25, -0.2) is 4.39 Å². The quantitative estimate of drug-likeness (QED) is 0.305. The van der Waals surface area contributed by atoms with Crippen molar-refractivity contribution in [2.24, 2.45) is 0 Å². The number of amides is 2. The molecular formula is C34H39F4N5O3. The van der Waals surface area contributed by atoms with E-state index in [2.05, 4.69) is 15.2 Å². The van der Waals surface area contributed by atoms with Gasteiger partial charge in [-0.1, -0.05) is 25.3 Å². The number of hydrogen-bond acceptors (Lipinski definition) is 5. The molecule has 2 N–H and O–H groups in total. The maximum Gasteiger partial charge on any atom is 0.417 e. The number of pyridine rings is 1. The first-order chi connectivity index (χ1) is 21.7. The number of alkyl halides is 3. The van der Waals surface area contributed by atoms with Gasteiger partial charge in [-0.2, -0.15) is 13.2 Å². The summed E-state index contributed by atoms with van der Waals surface area (Å²) in [6.45, 7) is 5.24. The van der Waals surface area contributed by atoms with E-state index in [9.17, 15) is 27.6 Å². The summed E-state index contributed by atoms with van der Waals surface area (Å²) >= 11 is 0. The van der Waals surface area contributed by atoms with Gasteiger partial charge in [0.25, 0.3) is 11.8 Å². The minimum atomic E-state index is -4.95. The molecule has 1 saturated heterocycles. The van der Waals surface area contributed by atoms with E-state index in [0.29, 0.717) is 36.0 Å². The third-order valence-corrected chi connectivity index (χ3v) is 9.39. The van der Waals surface area contributed by atoms with Crippen LogP contribution in [0.2, 0.25) is 0 Å². The molecule has 1 unspecified atom stereocenters. The normalized spacial score (nSPS) is 19.6. The molecule has 246 valence electrons. The van der Waals surface area contributed by atoms with Gasteiger partial charge in [-0.15, -0.1) is 0 Å². The Kier molecular flexibility index (Phi) is 9.57. The zero-order chi connectivity index (χ0) is 33.3. The topological polar surface area (TPSA) is 88.7 Å². The first-order valence-electron chi connectivity index (χ1n) is 15.5. The molecule has 2 heterocycles.